The maximum atomic E-state index is 3.47. The summed E-state index contributed by atoms with van der Waals surface area (Å²) in [6.45, 7) is 7.90. The molecule has 0 amide bonds. The third-order valence-corrected chi connectivity index (χ3v) is 1.99. The molecular weight excluding hydrogens is 146 g/mol. The highest BCUT2D eigenvalue weighted by atomic mass is 15.0. The lowest BCUT2D eigenvalue weighted by molar-refractivity contribution is 0.269. The van der Waals surface area contributed by atoms with Crippen LogP contribution in [0.25, 0.3) is 0 Å². The van der Waals surface area contributed by atoms with Gasteiger partial charge in [0.1, 0.15) is 0 Å². The fourth-order valence-electron chi connectivity index (χ4n) is 1.11. The summed E-state index contributed by atoms with van der Waals surface area (Å²) in [6.07, 6.45) is 10.0. The highest BCUT2D eigenvalue weighted by Gasteiger charge is 2.27. The van der Waals surface area contributed by atoms with E-state index in [0.29, 0.717) is 5.41 Å². The van der Waals surface area contributed by atoms with Crippen LogP contribution in [0.4, 0.5) is 0 Å². The second-order valence-corrected chi connectivity index (χ2v) is 3.37. The van der Waals surface area contributed by atoms with E-state index < -0.39 is 0 Å². The van der Waals surface area contributed by atoms with E-state index in [1.54, 1.807) is 6.08 Å². The van der Waals surface area contributed by atoms with Crippen molar-refractivity contribution in [1.29, 1.82) is 0 Å². The van der Waals surface area contributed by atoms with Crippen molar-refractivity contribution in [2.75, 3.05) is 13.1 Å². The average Bonchev–Trinajstić information content (AvgIpc) is 2.01. The van der Waals surface area contributed by atoms with Crippen LogP contribution in [0.5, 0.6) is 0 Å². The topological polar surface area (TPSA) is 12.0 Å². The molecule has 1 heteroatoms. The summed E-state index contributed by atoms with van der Waals surface area (Å²) in [5, 5.41) is 3.25. The molecular formula is C11H15N. The van der Waals surface area contributed by atoms with Crippen LogP contribution in [-0.4, -0.2) is 13.1 Å². The maximum absolute atomic E-state index is 3.47. The zero-order valence-electron chi connectivity index (χ0n) is 7.51. The van der Waals surface area contributed by atoms with Crippen molar-refractivity contribution < 1.29 is 0 Å². The molecule has 0 radical (unpaired) electrons. The summed E-state index contributed by atoms with van der Waals surface area (Å²) in [6, 6.07) is 0. The molecule has 0 aromatic heterocycles. The van der Waals surface area contributed by atoms with Gasteiger partial charge in [-0.25, -0.2) is 0 Å². The van der Waals surface area contributed by atoms with Gasteiger partial charge in [0.05, 0.1) is 0 Å². The lowest BCUT2D eigenvalue weighted by Gasteiger charge is -2.36. The number of rotatable bonds is 3. The molecule has 1 nitrogen and oxygen atoms in total. The van der Waals surface area contributed by atoms with Crippen molar-refractivity contribution in [3.05, 3.63) is 42.7 Å². The molecule has 12 heavy (non-hydrogen) atoms. The largest absolute Gasteiger partial charge is 0.315 e. The zero-order valence-corrected chi connectivity index (χ0v) is 7.51. The molecule has 1 fully saturated rings. The summed E-state index contributed by atoms with van der Waals surface area (Å²) >= 11 is 0. The van der Waals surface area contributed by atoms with Crippen molar-refractivity contribution in [3.8, 4) is 0 Å². The van der Waals surface area contributed by atoms with E-state index in [4.69, 9.17) is 0 Å². The van der Waals surface area contributed by atoms with Crippen LogP contribution in [0.1, 0.15) is 6.92 Å². The Morgan fingerprint density at radius 1 is 1.33 bits per heavy atom. The molecule has 1 rings (SSSR count). The molecule has 1 N–H and O–H groups in total. The highest BCUT2D eigenvalue weighted by molar-refractivity contribution is 5.15. The lowest BCUT2D eigenvalue weighted by atomic mass is 9.84. The van der Waals surface area contributed by atoms with Crippen LogP contribution >= 0.6 is 0 Å². The normalized spacial score (nSPS) is 20.8. The molecule has 0 aromatic carbocycles. The first kappa shape index (κ1) is 9.05. The van der Waals surface area contributed by atoms with E-state index in [-0.39, 0.29) is 0 Å². The minimum atomic E-state index is 0.377. The molecule has 64 valence electrons. The Balaban J connectivity index is 2.34. The highest BCUT2D eigenvalue weighted by Crippen LogP contribution is 2.22. The molecule has 1 saturated heterocycles. The minimum absolute atomic E-state index is 0.377. The van der Waals surface area contributed by atoms with Gasteiger partial charge in [0, 0.05) is 18.5 Å². The fourth-order valence-corrected chi connectivity index (χ4v) is 1.11. The van der Waals surface area contributed by atoms with Crippen LogP contribution in [0.2, 0.25) is 0 Å². The molecule has 1 heterocycles. The molecule has 0 saturated carbocycles. The van der Waals surface area contributed by atoms with Gasteiger partial charge >= 0.3 is 0 Å². The zero-order chi connectivity index (χ0) is 8.86. The average molecular weight is 161 g/mol. The summed E-state index contributed by atoms with van der Waals surface area (Å²) in [5.74, 6) is 0. The molecule has 0 spiro atoms. The number of hydrogen-bond donors (Lipinski definition) is 1. The Morgan fingerprint density at radius 3 is 2.58 bits per heavy atom. The second kappa shape index (κ2) is 4.10. The van der Waals surface area contributed by atoms with Gasteiger partial charge in [-0.2, -0.15) is 0 Å². The third-order valence-electron chi connectivity index (χ3n) is 1.99. The molecule has 0 unspecified atom stereocenters. The molecule has 0 atom stereocenters. The standard InChI is InChI=1S/C11H15N/c1-3-4-5-6-7-8-11(2)9-12-10-11/h4-8,12H,1,9-10H2,2H3/b6-5-,8-7-. The van der Waals surface area contributed by atoms with E-state index in [1.165, 1.54) is 0 Å². The summed E-state index contributed by atoms with van der Waals surface area (Å²) in [5.41, 5.74) is 3.06. The van der Waals surface area contributed by atoms with Crippen molar-refractivity contribution in [2.45, 2.75) is 6.92 Å². The first-order valence-corrected chi connectivity index (χ1v) is 4.18. The van der Waals surface area contributed by atoms with Crippen LogP contribution in [0.3, 0.4) is 0 Å². The maximum Gasteiger partial charge on any atom is 0.0106 e. The van der Waals surface area contributed by atoms with Crippen LogP contribution in [-0.2, 0) is 0 Å². The first-order valence-electron chi connectivity index (χ1n) is 4.18. The molecule has 1 aliphatic heterocycles. The third kappa shape index (κ3) is 2.54. The van der Waals surface area contributed by atoms with Gasteiger partial charge in [-0.05, 0) is 6.08 Å². The predicted octanol–water partition coefficient (Wildman–Crippen LogP) is 2.05. The van der Waals surface area contributed by atoms with E-state index in [0.717, 1.165) is 13.1 Å². The Labute approximate surface area is 74.2 Å². The Hall–Kier alpha value is -1.04. The van der Waals surface area contributed by atoms with Crippen molar-refractivity contribution >= 4 is 0 Å². The monoisotopic (exact) mass is 161 g/mol. The van der Waals surface area contributed by atoms with Crippen LogP contribution in [0.15, 0.2) is 42.7 Å². The van der Waals surface area contributed by atoms with E-state index in [9.17, 15) is 0 Å². The van der Waals surface area contributed by atoms with Crippen LogP contribution < -0.4 is 5.32 Å². The first-order chi connectivity index (χ1) is 5.77. The predicted molar refractivity (Wildman–Crippen MR) is 53.0 cm³/mol. The van der Waals surface area contributed by atoms with Gasteiger partial charge in [0.15, 0.2) is 0 Å². The minimum Gasteiger partial charge on any atom is -0.315 e. The van der Waals surface area contributed by atoms with Crippen molar-refractivity contribution in [1.82, 2.24) is 5.32 Å². The van der Waals surface area contributed by atoms with Gasteiger partial charge in [-0.3, -0.25) is 0 Å². The van der Waals surface area contributed by atoms with Crippen molar-refractivity contribution in [3.63, 3.8) is 0 Å². The lowest BCUT2D eigenvalue weighted by Crippen LogP contribution is -2.49. The van der Waals surface area contributed by atoms with Gasteiger partial charge < -0.3 is 5.32 Å². The summed E-state index contributed by atoms with van der Waals surface area (Å²) in [4.78, 5) is 0. The SMILES string of the molecule is C=C=C/C=C\C=C/C1(C)CNC1. The Morgan fingerprint density at radius 2 is 2.08 bits per heavy atom. The van der Waals surface area contributed by atoms with Gasteiger partial charge in [0.25, 0.3) is 0 Å². The molecule has 0 bridgehead atoms. The van der Waals surface area contributed by atoms with Gasteiger partial charge in [-0.1, -0.05) is 37.8 Å². The van der Waals surface area contributed by atoms with Crippen molar-refractivity contribution in [2.24, 2.45) is 5.41 Å². The number of hydrogen-bond acceptors (Lipinski definition) is 1. The Bertz CT molecular complexity index is 238. The van der Waals surface area contributed by atoms with Crippen LogP contribution in [0, 0.1) is 5.41 Å². The number of allylic oxidation sites excluding steroid dienone is 4. The Kier molecular flexibility index (Phi) is 3.09. The quantitative estimate of drug-likeness (QED) is 0.493. The second-order valence-electron chi connectivity index (χ2n) is 3.37. The van der Waals surface area contributed by atoms with Gasteiger partial charge in [0.2, 0.25) is 0 Å². The molecule has 0 aromatic rings. The smallest absolute Gasteiger partial charge is 0.0106 e. The summed E-state index contributed by atoms with van der Waals surface area (Å²) in [7, 11) is 0. The molecule has 0 aliphatic carbocycles. The van der Waals surface area contributed by atoms with E-state index >= 15 is 0 Å². The number of nitrogens with one attached hydrogen (secondary N) is 1. The fraction of sp³-hybridized carbons (Fsp3) is 0.364. The summed E-state index contributed by atoms with van der Waals surface area (Å²) < 4.78 is 0. The molecule has 1 aliphatic rings. The van der Waals surface area contributed by atoms with E-state index in [2.05, 4.69) is 36.7 Å². The van der Waals surface area contributed by atoms with Gasteiger partial charge in [-0.15, -0.1) is 5.73 Å². The van der Waals surface area contributed by atoms with E-state index in [1.807, 2.05) is 12.2 Å².